The Bertz CT molecular complexity index is 421. The maximum Gasteiger partial charge on any atom is 0.188 e. The standard InChI is InChI=1S/C16H28N4O/c1-13(2)11-18-16(17)19-12-14(15-7-6-10-21-15)20-8-4-3-5-9-20/h6-7,10,13-14H,3-5,8-9,11-12H2,1-2H3,(H3,17,18,19). The van der Waals surface area contributed by atoms with E-state index in [-0.39, 0.29) is 6.04 Å². The maximum atomic E-state index is 5.94. The molecule has 0 aliphatic carbocycles. The molecule has 0 spiro atoms. The van der Waals surface area contributed by atoms with Gasteiger partial charge in [0.05, 0.1) is 12.3 Å². The van der Waals surface area contributed by atoms with Crippen LogP contribution in [0.3, 0.4) is 0 Å². The first-order valence-corrected chi connectivity index (χ1v) is 7.98. The monoisotopic (exact) mass is 292 g/mol. The van der Waals surface area contributed by atoms with Gasteiger partial charge in [-0.05, 0) is 44.0 Å². The number of piperidine rings is 1. The minimum Gasteiger partial charge on any atom is -0.468 e. The van der Waals surface area contributed by atoms with Crippen LogP contribution in [0.5, 0.6) is 0 Å². The highest BCUT2D eigenvalue weighted by Gasteiger charge is 2.24. The van der Waals surface area contributed by atoms with Gasteiger partial charge in [-0.3, -0.25) is 9.89 Å². The molecular formula is C16H28N4O. The molecule has 21 heavy (non-hydrogen) atoms. The Kier molecular flexibility index (Phi) is 6.11. The molecule has 3 N–H and O–H groups in total. The number of furan rings is 1. The van der Waals surface area contributed by atoms with Crippen LogP contribution >= 0.6 is 0 Å². The van der Waals surface area contributed by atoms with Crippen LogP contribution in [-0.4, -0.2) is 37.0 Å². The Labute approximate surface area is 127 Å². The van der Waals surface area contributed by atoms with Crippen molar-refractivity contribution in [2.75, 3.05) is 26.2 Å². The molecule has 0 amide bonds. The number of rotatable bonds is 6. The van der Waals surface area contributed by atoms with Crippen LogP contribution in [0.4, 0.5) is 0 Å². The van der Waals surface area contributed by atoms with E-state index >= 15 is 0 Å². The predicted molar refractivity (Wildman–Crippen MR) is 86.2 cm³/mol. The topological polar surface area (TPSA) is 66.8 Å². The first kappa shape index (κ1) is 15.9. The van der Waals surface area contributed by atoms with Gasteiger partial charge in [-0.15, -0.1) is 0 Å². The van der Waals surface area contributed by atoms with Crippen molar-refractivity contribution < 1.29 is 4.42 Å². The Hall–Kier alpha value is -1.49. The second-order valence-corrected chi connectivity index (χ2v) is 6.13. The van der Waals surface area contributed by atoms with Gasteiger partial charge >= 0.3 is 0 Å². The highest BCUT2D eigenvalue weighted by molar-refractivity contribution is 5.77. The van der Waals surface area contributed by atoms with Gasteiger partial charge in [0.15, 0.2) is 5.96 Å². The third-order valence-corrected chi connectivity index (χ3v) is 3.81. The van der Waals surface area contributed by atoms with E-state index in [0.717, 1.165) is 31.9 Å². The van der Waals surface area contributed by atoms with Gasteiger partial charge in [0.2, 0.25) is 0 Å². The van der Waals surface area contributed by atoms with Crippen LogP contribution < -0.4 is 11.1 Å². The molecule has 5 nitrogen and oxygen atoms in total. The maximum absolute atomic E-state index is 5.94. The molecule has 118 valence electrons. The number of aliphatic imine (C=N–C) groups is 1. The van der Waals surface area contributed by atoms with Crippen molar-refractivity contribution in [3.63, 3.8) is 0 Å². The van der Waals surface area contributed by atoms with E-state index in [4.69, 9.17) is 10.2 Å². The molecule has 0 aromatic carbocycles. The molecule has 1 unspecified atom stereocenters. The number of nitrogens with zero attached hydrogens (tertiary/aromatic N) is 2. The van der Waals surface area contributed by atoms with Crippen molar-refractivity contribution >= 4 is 5.96 Å². The normalized spacial score (nSPS) is 18.9. The van der Waals surface area contributed by atoms with Crippen LogP contribution in [0, 0.1) is 5.92 Å². The summed E-state index contributed by atoms with van der Waals surface area (Å²) in [5.74, 6) is 2.05. The summed E-state index contributed by atoms with van der Waals surface area (Å²) in [4.78, 5) is 6.83. The molecule has 1 atom stereocenters. The minimum absolute atomic E-state index is 0.230. The average molecular weight is 292 g/mol. The molecule has 0 bridgehead atoms. The number of guanidine groups is 1. The minimum atomic E-state index is 0.230. The molecule has 1 aromatic rings. The van der Waals surface area contributed by atoms with Gasteiger partial charge in [0.25, 0.3) is 0 Å². The van der Waals surface area contributed by atoms with Crippen molar-refractivity contribution in [3.8, 4) is 0 Å². The van der Waals surface area contributed by atoms with Crippen LogP contribution in [0.2, 0.25) is 0 Å². The molecule has 0 radical (unpaired) electrons. The summed E-state index contributed by atoms with van der Waals surface area (Å²) < 4.78 is 5.62. The third-order valence-electron chi connectivity index (χ3n) is 3.81. The molecule has 1 aliphatic heterocycles. The lowest BCUT2D eigenvalue weighted by molar-refractivity contribution is 0.146. The van der Waals surface area contributed by atoms with Crippen molar-refractivity contribution in [1.82, 2.24) is 10.2 Å². The van der Waals surface area contributed by atoms with E-state index in [1.165, 1.54) is 19.3 Å². The molecule has 1 fully saturated rings. The molecule has 0 saturated carbocycles. The number of nitrogens with one attached hydrogen (secondary N) is 1. The zero-order valence-corrected chi connectivity index (χ0v) is 13.2. The van der Waals surface area contributed by atoms with Crippen LogP contribution in [0.25, 0.3) is 0 Å². The summed E-state index contributed by atoms with van der Waals surface area (Å²) in [6.45, 7) is 8.01. The number of hydrogen-bond acceptors (Lipinski definition) is 3. The summed E-state index contributed by atoms with van der Waals surface area (Å²) in [6.07, 6.45) is 5.58. The lowest BCUT2D eigenvalue weighted by Crippen LogP contribution is -2.42. The Morgan fingerprint density at radius 1 is 1.38 bits per heavy atom. The van der Waals surface area contributed by atoms with Crippen molar-refractivity contribution in [1.29, 1.82) is 0 Å². The first-order valence-electron chi connectivity index (χ1n) is 7.98. The lowest BCUT2D eigenvalue weighted by atomic mass is 10.1. The highest BCUT2D eigenvalue weighted by atomic mass is 16.3. The van der Waals surface area contributed by atoms with Crippen LogP contribution in [-0.2, 0) is 0 Å². The summed E-state index contributed by atoms with van der Waals surface area (Å²) in [5, 5.41) is 3.25. The third kappa shape index (κ3) is 5.08. The van der Waals surface area contributed by atoms with E-state index in [1.807, 2.05) is 12.1 Å². The fourth-order valence-electron chi connectivity index (χ4n) is 2.66. The van der Waals surface area contributed by atoms with Crippen molar-refractivity contribution in [2.45, 2.75) is 39.2 Å². The van der Waals surface area contributed by atoms with Gasteiger partial charge in [-0.25, -0.2) is 0 Å². The average Bonchev–Trinajstić information content (AvgIpc) is 3.00. The molecular weight excluding hydrogens is 264 g/mol. The molecule has 2 rings (SSSR count). The fraction of sp³-hybridized carbons (Fsp3) is 0.688. The van der Waals surface area contributed by atoms with Gasteiger partial charge in [-0.1, -0.05) is 20.3 Å². The Morgan fingerprint density at radius 3 is 2.76 bits per heavy atom. The van der Waals surface area contributed by atoms with Crippen LogP contribution in [0.15, 0.2) is 27.8 Å². The first-order chi connectivity index (χ1) is 10.2. The second-order valence-electron chi connectivity index (χ2n) is 6.13. The molecule has 1 saturated heterocycles. The smallest absolute Gasteiger partial charge is 0.188 e. The van der Waals surface area contributed by atoms with Crippen LogP contribution in [0.1, 0.15) is 44.9 Å². The molecule has 5 heteroatoms. The van der Waals surface area contributed by atoms with Crippen molar-refractivity contribution in [3.05, 3.63) is 24.2 Å². The second kappa shape index (κ2) is 8.08. The van der Waals surface area contributed by atoms with Gasteiger partial charge < -0.3 is 15.5 Å². The number of nitrogens with two attached hydrogens (primary N) is 1. The molecule has 2 heterocycles. The largest absolute Gasteiger partial charge is 0.468 e. The van der Waals surface area contributed by atoms with E-state index in [9.17, 15) is 0 Å². The molecule has 1 aromatic heterocycles. The summed E-state index contributed by atoms with van der Waals surface area (Å²) in [7, 11) is 0. The van der Waals surface area contributed by atoms with E-state index in [2.05, 4.69) is 29.1 Å². The Morgan fingerprint density at radius 2 is 2.14 bits per heavy atom. The SMILES string of the molecule is CC(C)CN=C(N)NCC(c1ccco1)N1CCCCC1. The predicted octanol–water partition coefficient (Wildman–Crippen LogP) is 2.37. The van der Waals surface area contributed by atoms with Gasteiger partial charge in [0.1, 0.15) is 5.76 Å². The number of likely N-dealkylation sites (tertiary alicyclic amines) is 1. The van der Waals surface area contributed by atoms with E-state index < -0.39 is 0 Å². The summed E-state index contributed by atoms with van der Waals surface area (Å²) in [6, 6.07) is 4.22. The number of hydrogen-bond donors (Lipinski definition) is 2. The summed E-state index contributed by atoms with van der Waals surface area (Å²) >= 11 is 0. The van der Waals surface area contributed by atoms with E-state index in [0.29, 0.717) is 11.9 Å². The Balaban J connectivity index is 1.94. The zero-order valence-electron chi connectivity index (χ0n) is 13.2. The fourth-order valence-corrected chi connectivity index (χ4v) is 2.66. The summed E-state index contributed by atoms with van der Waals surface area (Å²) in [5.41, 5.74) is 5.94. The van der Waals surface area contributed by atoms with Crippen molar-refractivity contribution in [2.24, 2.45) is 16.6 Å². The van der Waals surface area contributed by atoms with E-state index in [1.54, 1.807) is 6.26 Å². The lowest BCUT2D eigenvalue weighted by Gasteiger charge is -2.33. The highest BCUT2D eigenvalue weighted by Crippen LogP contribution is 2.24. The zero-order chi connectivity index (χ0) is 15.1. The quantitative estimate of drug-likeness (QED) is 0.624. The van der Waals surface area contributed by atoms with Gasteiger partial charge in [0, 0.05) is 13.1 Å². The van der Waals surface area contributed by atoms with Gasteiger partial charge in [-0.2, -0.15) is 0 Å². The molecule has 1 aliphatic rings.